The summed E-state index contributed by atoms with van der Waals surface area (Å²) in [6.07, 6.45) is 0. The summed E-state index contributed by atoms with van der Waals surface area (Å²) in [5, 5.41) is 0. The molecule has 0 spiro atoms. The Kier molecular flexibility index (Phi) is 3.25. The molecule has 1 saturated heterocycles. The van der Waals surface area contributed by atoms with Gasteiger partial charge < -0.3 is 4.90 Å². The van der Waals surface area contributed by atoms with Crippen molar-refractivity contribution < 1.29 is 0 Å². The lowest BCUT2D eigenvalue weighted by molar-refractivity contribution is 0.840. The molecule has 0 atom stereocenters. The van der Waals surface area contributed by atoms with Gasteiger partial charge in [-0.2, -0.15) is 0 Å². The Morgan fingerprint density at radius 2 is 2.13 bits per heavy atom. The second kappa shape index (κ2) is 4.48. The molecule has 0 unspecified atom stereocenters. The van der Waals surface area contributed by atoms with Crippen molar-refractivity contribution in [2.45, 2.75) is 26.7 Å². The summed E-state index contributed by atoms with van der Waals surface area (Å²) in [5.74, 6) is 3.04. The van der Waals surface area contributed by atoms with Crippen LogP contribution in [0.25, 0.3) is 0 Å². The molecule has 0 bridgehead atoms. The van der Waals surface area contributed by atoms with Gasteiger partial charge in [0.1, 0.15) is 0 Å². The Bertz CT molecular complexity index is 340. The Labute approximate surface area is 96.9 Å². The molecule has 2 heteroatoms. The van der Waals surface area contributed by atoms with E-state index in [-0.39, 0.29) is 0 Å². The molecule has 0 aromatic heterocycles. The van der Waals surface area contributed by atoms with Gasteiger partial charge in [0.2, 0.25) is 0 Å². The molecule has 0 saturated carbocycles. The summed E-state index contributed by atoms with van der Waals surface area (Å²) in [6.45, 7) is 8.00. The number of thioether (sulfide) groups is 1. The summed E-state index contributed by atoms with van der Waals surface area (Å²) < 4.78 is 0. The van der Waals surface area contributed by atoms with Crippen LogP contribution in [0.3, 0.4) is 0 Å². The summed E-state index contributed by atoms with van der Waals surface area (Å²) in [6, 6.07) is 6.68. The molecular weight excluding hydrogens is 202 g/mol. The van der Waals surface area contributed by atoms with Crippen LogP contribution in [-0.2, 0) is 0 Å². The second-order valence-corrected chi connectivity index (χ2v) is 5.54. The highest BCUT2D eigenvalue weighted by Crippen LogP contribution is 2.33. The molecule has 1 nitrogen and oxygen atoms in total. The number of hydrogen-bond donors (Lipinski definition) is 0. The van der Waals surface area contributed by atoms with Crippen LogP contribution < -0.4 is 4.90 Å². The first-order chi connectivity index (χ1) is 7.20. The van der Waals surface area contributed by atoms with Gasteiger partial charge in [0.15, 0.2) is 0 Å². The average molecular weight is 221 g/mol. The van der Waals surface area contributed by atoms with Gasteiger partial charge in [-0.1, -0.05) is 26.0 Å². The fraction of sp³-hybridized carbons (Fsp3) is 0.538. The maximum Gasteiger partial charge on any atom is 0.0640 e. The fourth-order valence-corrected chi connectivity index (χ4v) is 3.26. The maximum absolute atomic E-state index is 2.51. The van der Waals surface area contributed by atoms with Crippen LogP contribution in [0.1, 0.15) is 30.9 Å². The van der Waals surface area contributed by atoms with Gasteiger partial charge in [0, 0.05) is 18.0 Å². The van der Waals surface area contributed by atoms with Crippen molar-refractivity contribution in [3.63, 3.8) is 0 Å². The average Bonchev–Trinajstić information content (AvgIpc) is 2.69. The fourth-order valence-electron chi connectivity index (χ4n) is 2.30. The molecule has 0 amide bonds. The molecule has 2 rings (SSSR count). The molecule has 82 valence electrons. The maximum atomic E-state index is 2.51. The highest BCUT2D eigenvalue weighted by molar-refractivity contribution is 7.99. The van der Waals surface area contributed by atoms with Gasteiger partial charge >= 0.3 is 0 Å². The lowest BCUT2D eigenvalue weighted by atomic mass is 9.95. The highest BCUT2D eigenvalue weighted by atomic mass is 32.2. The number of anilines is 1. The molecule has 15 heavy (non-hydrogen) atoms. The smallest absolute Gasteiger partial charge is 0.0640 e. The second-order valence-electron chi connectivity index (χ2n) is 4.46. The molecule has 0 N–H and O–H groups in total. The van der Waals surface area contributed by atoms with Crippen LogP contribution in [0.5, 0.6) is 0 Å². The predicted molar refractivity (Wildman–Crippen MR) is 69.9 cm³/mol. The lowest BCUT2D eigenvalue weighted by Crippen LogP contribution is -2.20. The first kappa shape index (κ1) is 10.9. The molecule has 1 aromatic carbocycles. The zero-order valence-electron chi connectivity index (χ0n) is 9.79. The van der Waals surface area contributed by atoms with E-state index in [2.05, 4.69) is 43.9 Å². The third kappa shape index (κ3) is 2.15. The van der Waals surface area contributed by atoms with Crippen molar-refractivity contribution in [3.8, 4) is 0 Å². The standard InChI is InChI=1S/C13H19NS/c1-10(2)13-11(3)5-4-6-12(13)14-7-8-15-9-14/h4-6,10H,7-9H2,1-3H3. The van der Waals surface area contributed by atoms with E-state index >= 15 is 0 Å². The molecule has 1 aliphatic rings. The van der Waals surface area contributed by atoms with E-state index in [4.69, 9.17) is 0 Å². The van der Waals surface area contributed by atoms with Crippen LogP contribution in [-0.4, -0.2) is 18.2 Å². The van der Waals surface area contributed by atoms with E-state index in [1.54, 1.807) is 0 Å². The van der Waals surface area contributed by atoms with Gasteiger partial charge in [0.25, 0.3) is 0 Å². The van der Waals surface area contributed by atoms with E-state index in [0.29, 0.717) is 5.92 Å². The van der Waals surface area contributed by atoms with Gasteiger partial charge in [-0.3, -0.25) is 0 Å². The van der Waals surface area contributed by atoms with Crippen molar-refractivity contribution in [1.82, 2.24) is 0 Å². The Morgan fingerprint density at radius 3 is 2.73 bits per heavy atom. The predicted octanol–water partition coefficient (Wildman–Crippen LogP) is 3.63. The monoisotopic (exact) mass is 221 g/mol. The van der Waals surface area contributed by atoms with E-state index < -0.39 is 0 Å². The van der Waals surface area contributed by atoms with Crippen LogP contribution >= 0.6 is 11.8 Å². The summed E-state index contributed by atoms with van der Waals surface area (Å²) in [4.78, 5) is 2.51. The van der Waals surface area contributed by atoms with E-state index in [1.807, 2.05) is 11.8 Å². The molecule has 0 radical (unpaired) electrons. The zero-order chi connectivity index (χ0) is 10.8. The van der Waals surface area contributed by atoms with Gasteiger partial charge in [-0.25, -0.2) is 0 Å². The zero-order valence-corrected chi connectivity index (χ0v) is 10.6. The number of benzene rings is 1. The first-order valence-electron chi connectivity index (χ1n) is 5.62. The Hall–Kier alpha value is -0.630. The van der Waals surface area contributed by atoms with Crippen molar-refractivity contribution in [1.29, 1.82) is 0 Å². The van der Waals surface area contributed by atoms with E-state index in [0.717, 1.165) is 5.88 Å². The van der Waals surface area contributed by atoms with Crippen molar-refractivity contribution in [2.24, 2.45) is 0 Å². The van der Waals surface area contributed by atoms with Crippen molar-refractivity contribution >= 4 is 17.4 Å². The third-order valence-electron chi connectivity index (χ3n) is 2.97. The number of nitrogens with zero attached hydrogens (tertiary/aromatic N) is 1. The topological polar surface area (TPSA) is 3.24 Å². The Morgan fingerprint density at radius 1 is 1.33 bits per heavy atom. The minimum atomic E-state index is 0.617. The number of rotatable bonds is 2. The van der Waals surface area contributed by atoms with Crippen LogP contribution in [0.2, 0.25) is 0 Å². The van der Waals surface area contributed by atoms with Gasteiger partial charge in [-0.05, 0) is 30.0 Å². The van der Waals surface area contributed by atoms with E-state index in [9.17, 15) is 0 Å². The number of aryl methyl sites for hydroxylation is 1. The largest absolute Gasteiger partial charge is 0.361 e. The van der Waals surface area contributed by atoms with Gasteiger partial charge in [0.05, 0.1) is 5.88 Å². The summed E-state index contributed by atoms with van der Waals surface area (Å²) >= 11 is 2.03. The van der Waals surface area contributed by atoms with Gasteiger partial charge in [-0.15, -0.1) is 11.8 Å². The first-order valence-corrected chi connectivity index (χ1v) is 6.78. The van der Waals surface area contributed by atoms with Crippen LogP contribution in [0, 0.1) is 6.92 Å². The Balaban J connectivity index is 2.40. The number of hydrogen-bond acceptors (Lipinski definition) is 2. The molecule has 1 heterocycles. The van der Waals surface area contributed by atoms with Crippen molar-refractivity contribution in [2.75, 3.05) is 23.1 Å². The van der Waals surface area contributed by atoms with Crippen LogP contribution in [0.15, 0.2) is 18.2 Å². The van der Waals surface area contributed by atoms with Crippen molar-refractivity contribution in [3.05, 3.63) is 29.3 Å². The normalized spacial score (nSPS) is 16.4. The molecule has 1 aliphatic heterocycles. The van der Waals surface area contributed by atoms with E-state index in [1.165, 1.54) is 29.1 Å². The molecular formula is C13H19NS. The third-order valence-corrected chi connectivity index (χ3v) is 3.94. The lowest BCUT2D eigenvalue weighted by Gasteiger charge is -2.24. The minimum absolute atomic E-state index is 0.617. The summed E-state index contributed by atoms with van der Waals surface area (Å²) in [7, 11) is 0. The minimum Gasteiger partial charge on any atom is -0.361 e. The SMILES string of the molecule is Cc1cccc(N2CCSC2)c1C(C)C. The summed E-state index contributed by atoms with van der Waals surface area (Å²) in [5.41, 5.74) is 4.41. The quantitative estimate of drug-likeness (QED) is 0.750. The van der Waals surface area contributed by atoms with Crippen LogP contribution in [0.4, 0.5) is 5.69 Å². The highest BCUT2D eigenvalue weighted by Gasteiger charge is 2.18. The molecule has 0 aliphatic carbocycles. The molecule has 1 fully saturated rings. The molecule has 1 aromatic rings.